The number of rotatable bonds is 2. The zero-order valence-electron chi connectivity index (χ0n) is 7.19. The minimum Gasteiger partial charge on any atom is -0.462 e. The van der Waals surface area contributed by atoms with E-state index in [-0.39, 0.29) is 5.97 Å². The molecule has 0 saturated heterocycles. The molecule has 1 heterocycles. The quantitative estimate of drug-likeness (QED) is 0.775. The third-order valence-electron chi connectivity index (χ3n) is 1.49. The summed E-state index contributed by atoms with van der Waals surface area (Å²) < 4.78 is 5.64. The van der Waals surface area contributed by atoms with Crippen molar-refractivity contribution in [3.8, 4) is 0 Å². The Morgan fingerprint density at radius 3 is 2.69 bits per heavy atom. The van der Waals surface area contributed by atoms with Gasteiger partial charge in [-0.2, -0.15) is 0 Å². The zero-order valence-corrected chi connectivity index (χ0v) is 10.3. The highest BCUT2D eigenvalue weighted by Gasteiger charge is 2.18. The van der Waals surface area contributed by atoms with Crippen LogP contribution < -0.4 is 0 Å². The van der Waals surface area contributed by atoms with Gasteiger partial charge in [0.2, 0.25) is 0 Å². The topological polar surface area (TPSA) is 26.3 Å². The van der Waals surface area contributed by atoms with Gasteiger partial charge in [-0.05, 0) is 35.3 Å². The van der Waals surface area contributed by atoms with Crippen LogP contribution in [0.3, 0.4) is 0 Å². The highest BCUT2D eigenvalue weighted by Crippen LogP contribution is 2.36. The molecule has 72 valence electrons. The van der Waals surface area contributed by atoms with Crippen LogP contribution in [0.2, 0.25) is 5.02 Å². The largest absolute Gasteiger partial charge is 0.462 e. The fraction of sp³-hybridized carbons (Fsp3) is 0.375. The summed E-state index contributed by atoms with van der Waals surface area (Å²) in [4.78, 5) is 11.9. The van der Waals surface area contributed by atoms with Crippen molar-refractivity contribution in [3.05, 3.63) is 19.2 Å². The van der Waals surface area contributed by atoms with Gasteiger partial charge in [0.1, 0.15) is 4.88 Å². The van der Waals surface area contributed by atoms with Gasteiger partial charge in [0, 0.05) is 0 Å². The van der Waals surface area contributed by atoms with E-state index in [1.54, 1.807) is 13.8 Å². The van der Waals surface area contributed by atoms with Crippen LogP contribution in [0.1, 0.15) is 22.2 Å². The Labute approximate surface area is 94.0 Å². The molecular weight excluding hydrogens is 276 g/mol. The Kier molecular flexibility index (Phi) is 3.76. The first kappa shape index (κ1) is 11.0. The molecule has 0 saturated carbocycles. The Hall–Kier alpha value is -0.0600. The maximum absolute atomic E-state index is 11.3. The lowest BCUT2D eigenvalue weighted by atomic mass is 10.3. The monoisotopic (exact) mass is 282 g/mol. The van der Waals surface area contributed by atoms with Crippen molar-refractivity contribution in [2.24, 2.45) is 0 Å². The van der Waals surface area contributed by atoms with Gasteiger partial charge in [-0.25, -0.2) is 4.79 Å². The van der Waals surface area contributed by atoms with E-state index in [4.69, 9.17) is 16.3 Å². The minimum atomic E-state index is -0.308. The van der Waals surface area contributed by atoms with E-state index in [0.29, 0.717) is 16.5 Å². The van der Waals surface area contributed by atoms with E-state index in [2.05, 4.69) is 15.9 Å². The van der Waals surface area contributed by atoms with Crippen molar-refractivity contribution in [1.82, 2.24) is 0 Å². The number of esters is 1. The van der Waals surface area contributed by atoms with Crippen molar-refractivity contribution in [2.45, 2.75) is 13.8 Å². The van der Waals surface area contributed by atoms with Crippen LogP contribution in [0.4, 0.5) is 0 Å². The third-order valence-corrected chi connectivity index (χ3v) is 4.25. The second-order valence-corrected chi connectivity index (χ2v) is 5.08. The van der Waals surface area contributed by atoms with E-state index in [1.165, 1.54) is 11.3 Å². The van der Waals surface area contributed by atoms with Gasteiger partial charge < -0.3 is 4.74 Å². The number of ether oxygens (including phenoxy) is 1. The Balaban J connectivity index is 3.01. The molecule has 0 aromatic carbocycles. The second-order valence-electron chi connectivity index (χ2n) is 2.36. The van der Waals surface area contributed by atoms with Crippen LogP contribution >= 0.6 is 38.9 Å². The molecule has 0 unspecified atom stereocenters. The van der Waals surface area contributed by atoms with Crippen molar-refractivity contribution < 1.29 is 9.53 Å². The number of halogens is 2. The maximum atomic E-state index is 11.3. The molecule has 13 heavy (non-hydrogen) atoms. The number of carbonyl (C=O) groups is 1. The predicted molar refractivity (Wildman–Crippen MR) is 57.7 cm³/mol. The van der Waals surface area contributed by atoms with Crippen LogP contribution in [0.5, 0.6) is 0 Å². The van der Waals surface area contributed by atoms with Crippen molar-refractivity contribution in [2.75, 3.05) is 6.61 Å². The Morgan fingerprint density at radius 1 is 1.69 bits per heavy atom. The molecule has 1 aromatic heterocycles. The SMILES string of the molecule is CCOC(=O)c1sc(Br)c(Cl)c1C. The fourth-order valence-corrected chi connectivity index (χ4v) is 2.72. The Morgan fingerprint density at radius 2 is 2.31 bits per heavy atom. The van der Waals surface area contributed by atoms with Crippen LogP contribution in [-0.2, 0) is 4.74 Å². The van der Waals surface area contributed by atoms with Crippen molar-refractivity contribution >= 4 is 44.8 Å². The fourth-order valence-electron chi connectivity index (χ4n) is 0.849. The number of hydrogen-bond donors (Lipinski definition) is 0. The lowest BCUT2D eigenvalue weighted by Gasteiger charge is -1.98. The molecule has 0 bridgehead atoms. The van der Waals surface area contributed by atoms with E-state index in [1.807, 2.05) is 0 Å². The van der Waals surface area contributed by atoms with Crippen molar-refractivity contribution in [3.63, 3.8) is 0 Å². The Bertz CT molecular complexity index is 335. The predicted octanol–water partition coefficient (Wildman–Crippen LogP) is 3.65. The molecule has 0 spiro atoms. The second kappa shape index (κ2) is 4.44. The summed E-state index contributed by atoms with van der Waals surface area (Å²) in [5, 5.41) is 0.591. The molecule has 0 amide bonds. The summed E-state index contributed by atoms with van der Waals surface area (Å²) in [6, 6.07) is 0. The molecule has 5 heteroatoms. The van der Waals surface area contributed by atoms with Crippen LogP contribution in [0.15, 0.2) is 3.79 Å². The third kappa shape index (κ3) is 2.24. The number of carbonyl (C=O) groups excluding carboxylic acids is 1. The first-order chi connectivity index (χ1) is 6.07. The summed E-state index contributed by atoms with van der Waals surface area (Å²) in [5.74, 6) is -0.308. The molecule has 0 aliphatic carbocycles. The zero-order chi connectivity index (χ0) is 10.0. The standard InChI is InChI=1S/C8H8BrClO2S/c1-3-12-8(11)6-4(2)5(10)7(9)13-6/h3H2,1-2H3. The first-order valence-electron chi connectivity index (χ1n) is 3.69. The summed E-state index contributed by atoms with van der Waals surface area (Å²) in [6.45, 7) is 3.96. The molecule has 2 nitrogen and oxygen atoms in total. The molecular formula is C8H8BrClO2S. The van der Waals surface area contributed by atoms with Crippen LogP contribution in [-0.4, -0.2) is 12.6 Å². The van der Waals surface area contributed by atoms with Gasteiger partial charge >= 0.3 is 5.97 Å². The molecule has 0 aliphatic heterocycles. The highest BCUT2D eigenvalue weighted by atomic mass is 79.9. The summed E-state index contributed by atoms with van der Waals surface area (Å²) in [6.07, 6.45) is 0. The molecule has 1 rings (SSSR count). The van der Waals surface area contributed by atoms with Gasteiger partial charge in [0.25, 0.3) is 0 Å². The normalized spacial score (nSPS) is 10.2. The molecule has 0 aliphatic rings. The van der Waals surface area contributed by atoms with E-state index < -0.39 is 0 Å². The summed E-state index contributed by atoms with van der Waals surface area (Å²) >= 11 is 10.5. The van der Waals surface area contributed by atoms with Crippen molar-refractivity contribution in [1.29, 1.82) is 0 Å². The first-order valence-corrected chi connectivity index (χ1v) is 5.68. The van der Waals surface area contributed by atoms with E-state index >= 15 is 0 Å². The van der Waals surface area contributed by atoms with Gasteiger partial charge in [-0.15, -0.1) is 11.3 Å². The lowest BCUT2D eigenvalue weighted by molar-refractivity contribution is 0.0531. The van der Waals surface area contributed by atoms with Gasteiger partial charge in [0.05, 0.1) is 15.4 Å². The van der Waals surface area contributed by atoms with Gasteiger partial charge in [-0.1, -0.05) is 11.6 Å². The minimum absolute atomic E-state index is 0.308. The van der Waals surface area contributed by atoms with E-state index in [0.717, 1.165) is 9.35 Å². The smallest absolute Gasteiger partial charge is 0.348 e. The number of thiophene rings is 1. The summed E-state index contributed by atoms with van der Waals surface area (Å²) in [7, 11) is 0. The molecule has 0 N–H and O–H groups in total. The highest BCUT2D eigenvalue weighted by molar-refractivity contribution is 9.11. The molecule has 1 aromatic rings. The molecule has 0 atom stereocenters. The average Bonchev–Trinajstić information content (AvgIpc) is 2.33. The molecule has 0 fully saturated rings. The van der Waals surface area contributed by atoms with E-state index in [9.17, 15) is 4.79 Å². The van der Waals surface area contributed by atoms with Gasteiger partial charge in [-0.3, -0.25) is 0 Å². The lowest BCUT2D eigenvalue weighted by Crippen LogP contribution is -2.03. The average molecular weight is 284 g/mol. The number of hydrogen-bond acceptors (Lipinski definition) is 3. The maximum Gasteiger partial charge on any atom is 0.348 e. The van der Waals surface area contributed by atoms with Gasteiger partial charge in [0.15, 0.2) is 0 Å². The molecule has 0 radical (unpaired) electrons. The van der Waals surface area contributed by atoms with Crippen LogP contribution in [0.25, 0.3) is 0 Å². The van der Waals surface area contributed by atoms with Crippen LogP contribution in [0, 0.1) is 6.92 Å². The summed E-state index contributed by atoms with van der Waals surface area (Å²) in [5.41, 5.74) is 0.775.